The Kier molecular flexibility index (Phi) is 2.39. The van der Waals surface area contributed by atoms with Crippen molar-refractivity contribution in [1.29, 1.82) is 0 Å². The van der Waals surface area contributed by atoms with Crippen molar-refractivity contribution in [2.24, 2.45) is 5.41 Å². The second-order valence-electron chi connectivity index (χ2n) is 6.01. The Morgan fingerprint density at radius 3 is 2.29 bits per heavy atom. The van der Waals surface area contributed by atoms with Crippen LogP contribution in [0.4, 0.5) is 0 Å². The maximum Gasteiger partial charge on any atom is 0.0151 e. The van der Waals surface area contributed by atoms with Crippen LogP contribution in [0.15, 0.2) is 0 Å². The minimum absolute atomic E-state index is 0.423. The van der Waals surface area contributed by atoms with Crippen LogP contribution in [-0.4, -0.2) is 48.6 Å². The summed E-state index contributed by atoms with van der Waals surface area (Å²) < 4.78 is 0. The Hall–Kier alpha value is -0.0800. The molecule has 0 radical (unpaired) electrons. The zero-order chi connectivity index (χ0) is 10.4. The smallest absolute Gasteiger partial charge is 0.0151 e. The fraction of sp³-hybridized carbons (Fsp3) is 1.00. The van der Waals surface area contributed by atoms with E-state index in [1.165, 1.54) is 39.0 Å². The molecule has 0 aromatic heterocycles. The highest BCUT2D eigenvalue weighted by Crippen LogP contribution is 2.42. The summed E-state index contributed by atoms with van der Waals surface area (Å²) in [5.41, 5.74) is 1.09. The molecule has 2 aliphatic heterocycles. The van der Waals surface area contributed by atoms with Gasteiger partial charge in [-0.2, -0.15) is 0 Å². The molecule has 0 aromatic rings. The van der Waals surface area contributed by atoms with E-state index in [1.54, 1.807) is 0 Å². The lowest BCUT2D eigenvalue weighted by Crippen LogP contribution is -2.64. The average Bonchev–Trinajstić information content (AvgIpc) is 2.45. The molecule has 0 bridgehead atoms. The van der Waals surface area contributed by atoms with Crippen LogP contribution < -0.4 is 0 Å². The van der Waals surface area contributed by atoms with Gasteiger partial charge in [0.15, 0.2) is 0 Å². The zero-order valence-corrected chi connectivity index (χ0v) is 10.1. The fourth-order valence-corrected chi connectivity index (χ4v) is 2.83. The molecule has 2 aliphatic rings. The molecule has 0 aromatic carbocycles. The summed E-state index contributed by atoms with van der Waals surface area (Å²) in [5, 5.41) is 0. The maximum atomic E-state index is 2.66. The molecule has 0 atom stereocenters. The summed E-state index contributed by atoms with van der Waals surface area (Å²) >= 11 is 0. The van der Waals surface area contributed by atoms with Gasteiger partial charge in [-0.1, -0.05) is 6.92 Å². The molecule has 2 nitrogen and oxygen atoms in total. The van der Waals surface area contributed by atoms with Gasteiger partial charge in [-0.25, -0.2) is 0 Å². The van der Waals surface area contributed by atoms with Crippen molar-refractivity contribution in [3.8, 4) is 0 Å². The predicted octanol–water partition coefficient (Wildman–Crippen LogP) is 1.81. The van der Waals surface area contributed by atoms with E-state index in [2.05, 4.69) is 37.6 Å². The molecule has 0 N–H and O–H groups in total. The van der Waals surface area contributed by atoms with Crippen molar-refractivity contribution in [1.82, 2.24) is 9.80 Å². The van der Waals surface area contributed by atoms with Gasteiger partial charge in [-0.3, -0.25) is 4.90 Å². The van der Waals surface area contributed by atoms with Crippen molar-refractivity contribution < 1.29 is 0 Å². The molecule has 0 unspecified atom stereocenters. The van der Waals surface area contributed by atoms with Gasteiger partial charge in [0.2, 0.25) is 0 Å². The van der Waals surface area contributed by atoms with E-state index in [0.29, 0.717) is 11.0 Å². The number of nitrogens with zero attached hydrogens (tertiary/aromatic N) is 2. The van der Waals surface area contributed by atoms with E-state index >= 15 is 0 Å². The summed E-state index contributed by atoms with van der Waals surface area (Å²) in [4.78, 5) is 5.14. The lowest BCUT2D eigenvalue weighted by atomic mass is 9.75. The Balaban J connectivity index is 1.90. The van der Waals surface area contributed by atoms with E-state index in [0.717, 1.165) is 0 Å². The molecule has 14 heavy (non-hydrogen) atoms. The van der Waals surface area contributed by atoms with Crippen molar-refractivity contribution >= 4 is 0 Å². The lowest BCUT2D eigenvalue weighted by Gasteiger charge is -2.55. The van der Waals surface area contributed by atoms with Gasteiger partial charge >= 0.3 is 0 Å². The largest absolute Gasteiger partial charge is 0.306 e. The fourth-order valence-electron chi connectivity index (χ4n) is 2.83. The Morgan fingerprint density at radius 1 is 1.21 bits per heavy atom. The van der Waals surface area contributed by atoms with Crippen molar-refractivity contribution in [3.05, 3.63) is 0 Å². The van der Waals surface area contributed by atoms with Gasteiger partial charge in [0.25, 0.3) is 0 Å². The Morgan fingerprint density at radius 2 is 1.86 bits per heavy atom. The van der Waals surface area contributed by atoms with E-state index in [9.17, 15) is 0 Å². The number of likely N-dealkylation sites (tertiary alicyclic amines) is 2. The van der Waals surface area contributed by atoms with E-state index in [-0.39, 0.29) is 0 Å². The average molecular weight is 196 g/mol. The van der Waals surface area contributed by atoms with Crippen LogP contribution in [0.3, 0.4) is 0 Å². The Labute approximate surface area is 88.3 Å². The summed E-state index contributed by atoms with van der Waals surface area (Å²) in [7, 11) is 2.25. The van der Waals surface area contributed by atoms with Crippen LogP contribution in [0, 0.1) is 5.41 Å². The van der Waals surface area contributed by atoms with Crippen LogP contribution >= 0.6 is 0 Å². The topological polar surface area (TPSA) is 6.48 Å². The van der Waals surface area contributed by atoms with E-state index < -0.39 is 0 Å². The molecule has 2 saturated heterocycles. The maximum absolute atomic E-state index is 2.66. The molecule has 2 fully saturated rings. The molecular formula is C12H24N2. The zero-order valence-electron chi connectivity index (χ0n) is 10.1. The third-order valence-corrected chi connectivity index (χ3v) is 4.40. The molecule has 2 heterocycles. The first-order chi connectivity index (χ1) is 6.47. The monoisotopic (exact) mass is 196 g/mol. The third-order valence-electron chi connectivity index (χ3n) is 4.40. The van der Waals surface area contributed by atoms with Crippen LogP contribution in [0.25, 0.3) is 0 Å². The number of hydrogen-bond donors (Lipinski definition) is 0. The second-order valence-corrected chi connectivity index (χ2v) is 6.01. The summed E-state index contributed by atoms with van der Waals surface area (Å²) in [6.07, 6.45) is 2.68. The normalized spacial score (nSPS) is 28.3. The molecule has 2 rings (SSSR count). The highest BCUT2D eigenvalue weighted by molar-refractivity contribution is 5.04. The van der Waals surface area contributed by atoms with Crippen molar-refractivity contribution in [3.63, 3.8) is 0 Å². The van der Waals surface area contributed by atoms with Crippen LogP contribution in [0.2, 0.25) is 0 Å². The first-order valence-corrected chi connectivity index (χ1v) is 5.91. The van der Waals surface area contributed by atoms with Crippen LogP contribution in [0.1, 0.15) is 33.6 Å². The summed E-state index contributed by atoms with van der Waals surface area (Å²) in [6.45, 7) is 12.3. The quantitative estimate of drug-likeness (QED) is 0.664. The SMILES string of the molecule is CCC(C)(C)N1CC2(CCN(C)C2)C1. The number of rotatable bonds is 2. The molecule has 82 valence electrons. The second kappa shape index (κ2) is 3.21. The van der Waals surface area contributed by atoms with Gasteiger partial charge in [-0.15, -0.1) is 0 Å². The molecule has 0 saturated carbocycles. The highest BCUT2D eigenvalue weighted by Gasteiger charge is 2.49. The van der Waals surface area contributed by atoms with Crippen molar-refractivity contribution in [2.45, 2.75) is 39.2 Å². The molecule has 1 spiro atoms. The van der Waals surface area contributed by atoms with Gasteiger partial charge in [0, 0.05) is 30.6 Å². The minimum atomic E-state index is 0.423. The number of hydrogen-bond acceptors (Lipinski definition) is 2. The van der Waals surface area contributed by atoms with Gasteiger partial charge < -0.3 is 4.90 Å². The third kappa shape index (κ3) is 1.59. The van der Waals surface area contributed by atoms with Crippen LogP contribution in [0.5, 0.6) is 0 Å². The first kappa shape index (κ1) is 10.4. The van der Waals surface area contributed by atoms with Gasteiger partial charge in [0.1, 0.15) is 0 Å². The standard InChI is InChI=1S/C12H24N2/c1-5-11(2,3)14-9-12(10-14)6-7-13(4)8-12/h5-10H2,1-4H3. The summed E-state index contributed by atoms with van der Waals surface area (Å²) in [6, 6.07) is 0. The molecule has 0 amide bonds. The minimum Gasteiger partial charge on any atom is -0.306 e. The molecule has 0 aliphatic carbocycles. The lowest BCUT2D eigenvalue weighted by molar-refractivity contribution is -0.0597. The predicted molar refractivity (Wildman–Crippen MR) is 60.5 cm³/mol. The van der Waals surface area contributed by atoms with E-state index in [1.807, 2.05) is 0 Å². The van der Waals surface area contributed by atoms with Crippen LogP contribution in [-0.2, 0) is 0 Å². The van der Waals surface area contributed by atoms with Crippen molar-refractivity contribution in [2.75, 3.05) is 33.2 Å². The first-order valence-electron chi connectivity index (χ1n) is 5.91. The van der Waals surface area contributed by atoms with Gasteiger partial charge in [0.05, 0.1) is 0 Å². The van der Waals surface area contributed by atoms with E-state index in [4.69, 9.17) is 0 Å². The molecular weight excluding hydrogens is 172 g/mol. The van der Waals surface area contributed by atoms with Gasteiger partial charge in [-0.05, 0) is 40.3 Å². The highest BCUT2D eigenvalue weighted by atomic mass is 15.3. The molecule has 2 heteroatoms. The Bertz CT molecular complexity index is 216. The summed E-state index contributed by atoms with van der Waals surface area (Å²) in [5.74, 6) is 0.